The molecule has 0 bridgehead atoms. The summed E-state index contributed by atoms with van der Waals surface area (Å²) in [6.45, 7) is 4.90. The quantitative estimate of drug-likeness (QED) is 0.742. The van der Waals surface area contributed by atoms with Crippen molar-refractivity contribution in [2.45, 2.75) is 0 Å². The van der Waals surface area contributed by atoms with Crippen LogP contribution in [0.25, 0.3) is 0 Å². The third-order valence-electron chi connectivity index (χ3n) is 3.04. The number of aromatic nitrogens is 2. The molecular formula is C11H19N5O. The maximum Gasteiger partial charge on any atom is 0.274 e. The van der Waals surface area contributed by atoms with Gasteiger partial charge in [0, 0.05) is 52.5 Å². The summed E-state index contributed by atoms with van der Waals surface area (Å²) in [6.07, 6.45) is 1.79. The van der Waals surface area contributed by atoms with Crippen molar-refractivity contribution < 1.29 is 4.79 Å². The fourth-order valence-electron chi connectivity index (χ4n) is 2.05. The van der Waals surface area contributed by atoms with Crippen LogP contribution in [0.2, 0.25) is 0 Å². The highest BCUT2D eigenvalue weighted by atomic mass is 16.2. The van der Waals surface area contributed by atoms with E-state index in [1.807, 2.05) is 11.9 Å². The molecule has 1 aliphatic rings. The Hall–Kier alpha value is -1.40. The third-order valence-corrected chi connectivity index (χ3v) is 3.04. The predicted molar refractivity (Wildman–Crippen MR) is 64.6 cm³/mol. The number of hydrogen-bond acceptors (Lipinski definition) is 4. The Bertz CT molecular complexity index is 381. The number of nitrogens with zero attached hydrogens (tertiary/aromatic N) is 4. The number of hydrogen-bond donors (Lipinski definition) is 1. The molecule has 0 aliphatic carbocycles. The molecule has 17 heavy (non-hydrogen) atoms. The van der Waals surface area contributed by atoms with E-state index in [2.05, 4.69) is 10.00 Å². The number of rotatable bonds is 3. The summed E-state index contributed by atoms with van der Waals surface area (Å²) in [4.78, 5) is 16.2. The first kappa shape index (κ1) is 12.1. The van der Waals surface area contributed by atoms with Gasteiger partial charge in [-0.1, -0.05) is 0 Å². The monoisotopic (exact) mass is 237 g/mol. The van der Waals surface area contributed by atoms with E-state index < -0.39 is 0 Å². The zero-order valence-corrected chi connectivity index (χ0v) is 10.2. The lowest BCUT2D eigenvalue weighted by molar-refractivity contribution is 0.0634. The summed E-state index contributed by atoms with van der Waals surface area (Å²) in [7, 11) is 1.82. The van der Waals surface area contributed by atoms with Gasteiger partial charge in [-0.15, -0.1) is 0 Å². The van der Waals surface area contributed by atoms with E-state index in [-0.39, 0.29) is 5.91 Å². The van der Waals surface area contributed by atoms with E-state index >= 15 is 0 Å². The third kappa shape index (κ3) is 2.83. The summed E-state index contributed by atoms with van der Waals surface area (Å²) in [6, 6.07) is 1.76. The van der Waals surface area contributed by atoms with E-state index in [4.69, 9.17) is 5.73 Å². The molecular weight excluding hydrogens is 218 g/mol. The molecule has 0 atom stereocenters. The molecule has 1 aromatic rings. The van der Waals surface area contributed by atoms with Gasteiger partial charge in [-0.25, -0.2) is 0 Å². The van der Waals surface area contributed by atoms with Gasteiger partial charge in [0.1, 0.15) is 5.69 Å². The predicted octanol–water partition coefficient (Wildman–Crippen LogP) is -0.863. The highest BCUT2D eigenvalue weighted by Crippen LogP contribution is 2.06. The standard InChI is InChI=1S/C11H19N5O/c1-14-4-2-10(13-14)11(17)16-8-6-15(5-3-12)7-9-16/h2,4H,3,5-9,12H2,1H3. The van der Waals surface area contributed by atoms with E-state index in [1.165, 1.54) is 0 Å². The Balaban J connectivity index is 1.90. The molecule has 1 saturated heterocycles. The van der Waals surface area contributed by atoms with Crippen LogP contribution in [-0.4, -0.2) is 64.8 Å². The van der Waals surface area contributed by atoms with Crippen LogP contribution in [0.3, 0.4) is 0 Å². The zero-order valence-electron chi connectivity index (χ0n) is 10.2. The van der Waals surface area contributed by atoms with Crippen molar-refractivity contribution in [1.82, 2.24) is 19.6 Å². The number of carbonyl (C=O) groups excluding carboxylic acids is 1. The summed E-state index contributed by atoms with van der Waals surface area (Å²) in [5, 5.41) is 4.13. The first-order valence-electron chi connectivity index (χ1n) is 5.92. The van der Waals surface area contributed by atoms with Crippen LogP contribution in [-0.2, 0) is 7.05 Å². The van der Waals surface area contributed by atoms with E-state index in [1.54, 1.807) is 16.9 Å². The normalized spacial score (nSPS) is 17.4. The van der Waals surface area contributed by atoms with Crippen LogP contribution in [0.4, 0.5) is 0 Å². The summed E-state index contributed by atoms with van der Waals surface area (Å²) >= 11 is 0. The topological polar surface area (TPSA) is 67.4 Å². The average Bonchev–Trinajstić information content (AvgIpc) is 2.76. The average molecular weight is 237 g/mol. The molecule has 2 N–H and O–H groups in total. The minimum absolute atomic E-state index is 0.0259. The fraction of sp³-hybridized carbons (Fsp3) is 0.636. The van der Waals surface area contributed by atoms with Crippen molar-refractivity contribution in [3.05, 3.63) is 18.0 Å². The number of carbonyl (C=O) groups is 1. The molecule has 0 unspecified atom stereocenters. The first-order valence-corrected chi connectivity index (χ1v) is 5.92. The van der Waals surface area contributed by atoms with Gasteiger partial charge in [-0.3, -0.25) is 14.4 Å². The second kappa shape index (κ2) is 5.29. The molecule has 94 valence electrons. The van der Waals surface area contributed by atoms with Crippen molar-refractivity contribution in [3.63, 3.8) is 0 Å². The highest BCUT2D eigenvalue weighted by molar-refractivity contribution is 5.92. The molecule has 6 nitrogen and oxygen atoms in total. The SMILES string of the molecule is Cn1ccc(C(=O)N2CCN(CCN)CC2)n1. The molecule has 1 fully saturated rings. The number of piperazine rings is 1. The Morgan fingerprint density at radius 1 is 1.41 bits per heavy atom. The minimum Gasteiger partial charge on any atom is -0.335 e. The Morgan fingerprint density at radius 2 is 2.12 bits per heavy atom. The van der Waals surface area contributed by atoms with Crippen LogP contribution in [0.5, 0.6) is 0 Å². The fourth-order valence-corrected chi connectivity index (χ4v) is 2.05. The number of nitrogens with two attached hydrogens (primary N) is 1. The van der Waals surface area contributed by atoms with Crippen LogP contribution in [0, 0.1) is 0 Å². The van der Waals surface area contributed by atoms with E-state index in [0.717, 1.165) is 32.7 Å². The zero-order chi connectivity index (χ0) is 12.3. The molecule has 2 heterocycles. The lowest BCUT2D eigenvalue weighted by Crippen LogP contribution is -2.49. The largest absolute Gasteiger partial charge is 0.335 e. The molecule has 0 saturated carbocycles. The van der Waals surface area contributed by atoms with E-state index in [0.29, 0.717) is 12.2 Å². The van der Waals surface area contributed by atoms with Crippen molar-refractivity contribution in [1.29, 1.82) is 0 Å². The van der Waals surface area contributed by atoms with Gasteiger partial charge in [-0.05, 0) is 6.07 Å². The highest BCUT2D eigenvalue weighted by Gasteiger charge is 2.22. The maximum absolute atomic E-state index is 12.1. The molecule has 0 radical (unpaired) electrons. The lowest BCUT2D eigenvalue weighted by atomic mass is 10.3. The van der Waals surface area contributed by atoms with Gasteiger partial charge >= 0.3 is 0 Å². The van der Waals surface area contributed by atoms with Crippen LogP contribution in [0.1, 0.15) is 10.5 Å². The molecule has 1 amide bonds. The van der Waals surface area contributed by atoms with Crippen LogP contribution < -0.4 is 5.73 Å². The molecule has 0 spiro atoms. The summed E-state index contributed by atoms with van der Waals surface area (Å²) in [5.41, 5.74) is 6.04. The van der Waals surface area contributed by atoms with Crippen molar-refractivity contribution in [2.75, 3.05) is 39.3 Å². The van der Waals surface area contributed by atoms with Crippen molar-refractivity contribution in [3.8, 4) is 0 Å². The smallest absolute Gasteiger partial charge is 0.274 e. The molecule has 1 aliphatic heterocycles. The first-order chi connectivity index (χ1) is 8.20. The Kier molecular flexibility index (Phi) is 3.75. The number of aryl methyl sites for hydroxylation is 1. The van der Waals surface area contributed by atoms with Gasteiger partial charge in [0.15, 0.2) is 0 Å². The van der Waals surface area contributed by atoms with Crippen molar-refractivity contribution in [2.24, 2.45) is 12.8 Å². The van der Waals surface area contributed by atoms with Gasteiger partial charge in [0.05, 0.1) is 0 Å². The van der Waals surface area contributed by atoms with Crippen molar-refractivity contribution >= 4 is 5.91 Å². The Morgan fingerprint density at radius 3 is 2.65 bits per heavy atom. The summed E-state index contributed by atoms with van der Waals surface area (Å²) in [5.74, 6) is 0.0259. The summed E-state index contributed by atoms with van der Waals surface area (Å²) < 4.78 is 1.65. The van der Waals surface area contributed by atoms with Gasteiger partial charge in [0.2, 0.25) is 0 Å². The second-order valence-electron chi connectivity index (χ2n) is 4.30. The van der Waals surface area contributed by atoms with Crippen LogP contribution >= 0.6 is 0 Å². The molecule has 2 rings (SSSR count). The number of amides is 1. The second-order valence-corrected chi connectivity index (χ2v) is 4.30. The minimum atomic E-state index is 0.0259. The lowest BCUT2D eigenvalue weighted by Gasteiger charge is -2.34. The van der Waals surface area contributed by atoms with Gasteiger partial charge in [0.25, 0.3) is 5.91 Å². The maximum atomic E-state index is 12.1. The molecule has 1 aromatic heterocycles. The Labute approximate surface area is 101 Å². The molecule has 0 aromatic carbocycles. The molecule has 6 heteroatoms. The van der Waals surface area contributed by atoms with Gasteiger partial charge in [-0.2, -0.15) is 5.10 Å². The van der Waals surface area contributed by atoms with Gasteiger partial charge < -0.3 is 10.6 Å². The van der Waals surface area contributed by atoms with Crippen LogP contribution in [0.15, 0.2) is 12.3 Å². The van der Waals surface area contributed by atoms with E-state index in [9.17, 15) is 4.79 Å².